The highest BCUT2D eigenvalue weighted by atomic mass is 35.5. The summed E-state index contributed by atoms with van der Waals surface area (Å²) < 4.78 is 0. The van der Waals surface area contributed by atoms with E-state index in [9.17, 15) is 9.59 Å². The van der Waals surface area contributed by atoms with Crippen LogP contribution in [0.25, 0.3) is 0 Å². The fourth-order valence-electron chi connectivity index (χ4n) is 1.16. The third-order valence-corrected chi connectivity index (χ3v) is 2.78. The quantitative estimate of drug-likeness (QED) is 0.570. The van der Waals surface area contributed by atoms with Crippen LogP contribution in [-0.2, 0) is 9.59 Å². The normalized spacial score (nSPS) is 10.6. The van der Waals surface area contributed by atoms with Gasteiger partial charge < -0.3 is 15.7 Å². The Bertz CT molecular complexity index is 608. The Kier molecular flexibility index (Phi) is 5.84. The van der Waals surface area contributed by atoms with Gasteiger partial charge in [0.2, 0.25) is 0 Å². The highest BCUT2D eigenvalue weighted by Crippen LogP contribution is 2.25. The maximum Gasteiger partial charge on any atom is 0.322 e. The van der Waals surface area contributed by atoms with Crippen molar-refractivity contribution in [1.29, 1.82) is 5.26 Å². The summed E-state index contributed by atoms with van der Waals surface area (Å²) in [7, 11) is 0. The summed E-state index contributed by atoms with van der Waals surface area (Å²) in [6, 6.07) is 6.11. The smallest absolute Gasteiger partial charge is 0.322 e. The number of nitrogens with zero attached hydrogens (tertiary/aromatic N) is 1. The van der Waals surface area contributed by atoms with E-state index in [0.29, 0.717) is 10.7 Å². The first-order valence-corrected chi connectivity index (χ1v) is 6.01. The average Bonchev–Trinajstić information content (AvgIpc) is 2.38. The van der Waals surface area contributed by atoms with Gasteiger partial charge in [-0.25, -0.2) is 0 Å². The molecule has 0 fully saturated rings. The van der Waals surface area contributed by atoms with Gasteiger partial charge >= 0.3 is 5.97 Å². The van der Waals surface area contributed by atoms with Crippen molar-refractivity contribution in [2.45, 2.75) is 0 Å². The standard InChI is InChI=1S/C12H9Cl2N3O3/c13-9-2-1-8(3-10(9)14)17-12(20)7(4-15)5-16-6-11(18)19/h1-3,5,16H,6H2,(H,17,20)(H,18,19)/b7-5-. The average molecular weight is 314 g/mol. The van der Waals surface area contributed by atoms with Gasteiger partial charge in [-0.3, -0.25) is 9.59 Å². The Hall–Kier alpha value is -2.23. The minimum Gasteiger partial charge on any atom is -0.480 e. The van der Waals surface area contributed by atoms with Crippen LogP contribution in [0.3, 0.4) is 0 Å². The molecule has 0 spiro atoms. The molecule has 0 radical (unpaired) electrons. The SMILES string of the molecule is N#C/C(=C/NCC(=O)O)C(=O)Nc1ccc(Cl)c(Cl)c1. The molecule has 6 nitrogen and oxygen atoms in total. The number of anilines is 1. The summed E-state index contributed by atoms with van der Waals surface area (Å²) in [4.78, 5) is 22.0. The Labute approximate surface area is 124 Å². The van der Waals surface area contributed by atoms with E-state index in [0.717, 1.165) is 6.20 Å². The van der Waals surface area contributed by atoms with Crippen LogP contribution >= 0.6 is 23.2 Å². The molecule has 0 saturated heterocycles. The van der Waals surface area contributed by atoms with Crippen LogP contribution in [0.4, 0.5) is 5.69 Å². The summed E-state index contributed by atoms with van der Waals surface area (Å²) in [6.07, 6.45) is 1.03. The minimum absolute atomic E-state index is 0.260. The molecular formula is C12H9Cl2N3O3. The number of carbonyl (C=O) groups is 2. The van der Waals surface area contributed by atoms with Crippen molar-refractivity contribution >= 4 is 40.8 Å². The fourth-order valence-corrected chi connectivity index (χ4v) is 1.46. The van der Waals surface area contributed by atoms with Gasteiger partial charge in [0.05, 0.1) is 10.0 Å². The number of benzene rings is 1. The molecule has 0 bridgehead atoms. The number of carboxylic acid groups (broad SMARTS) is 1. The first-order chi connectivity index (χ1) is 9.43. The van der Waals surface area contributed by atoms with Crippen molar-refractivity contribution in [3.05, 3.63) is 40.0 Å². The largest absolute Gasteiger partial charge is 0.480 e. The van der Waals surface area contributed by atoms with Gasteiger partial charge in [0.25, 0.3) is 5.91 Å². The van der Waals surface area contributed by atoms with Crippen molar-refractivity contribution in [2.24, 2.45) is 0 Å². The van der Waals surface area contributed by atoms with Crippen LogP contribution in [0, 0.1) is 11.3 Å². The molecule has 0 aliphatic rings. The lowest BCUT2D eigenvalue weighted by atomic mass is 10.2. The molecule has 0 aromatic heterocycles. The van der Waals surface area contributed by atoms with Crippen molar-refractivity contribution in [3.63, 3.8) is 0 Å². The fraction of sp³-hybridized carbons (Fsp3) is 0.0833. The van der Waals surface area contributed by atoms with Crippen LogP contribution in [0.2, 0.25) is 10.0 Å². The molecule has 1 rings (SSSR count). The van der Waals surface area contributed by atoms with Gasteiger partial charge in [-0.15, -0.1) is 0 Å². The summed E-state index contributed by atoms with van der Waals surface area (Å²) in [5, 5.41) is 22.6. The van der Waals surface area contributed by atoms with Gasteiger partial charge in [0.1, 0.15) is 18.2 Å². The number of carbonyl (C=O) groups excluding carboxylic acids is 1. The number of hydrogen-bond donors (Lipinski definition) is 3. The predicted molar refractivity (Wildman–Crippen MR) is 74.4 cm³/mol. The number of halogens is 2. The minimum atomic E-state index is -1.11. The molecule has 1 aromatic carbocycles. The lowest BCUT2D eigenvalue weighted by molar-refractivity contribution is -0.135. The molecule has 0 aliphatic heterocycles. The highest BCUT2D eigenvalue weighted by Gasteiger charge is 2.10. The van der Waals surface area contributed by atoms with E-state index in [2.05, 4.69) is 10.6 Å². The zero-order valence-electron chi connectivity index (χ0n) is 9.98. The van der Waals surface area contributed by atoms with Crippen LogP contribution in [0.1, 0.15) is 0 Å². The number of nitrogens with one attached hydrogen (secondary N) is 2. The summed E-state index contributed by atoms with van der Waals surface area (Å²) in [5.41, 5.74) is 0.0982. The Balaban J connectivity index is 2.75. The molecule has 8 heteroatoms. The molecule has 0 saturated carbocycles. The predicted octanol–water partition coefficient (Wildman–Crippen LogP) is 2.01. The van der Waals surface area contributed by atoms with Crippen LogP contribution in [0.15, 0.2) is 30.0 Å². The molecule has 1 aromatic rings. The number of aliphatic carboxylic acids is 1. The van der Waals surface area contributed by atoms with E-state index in [-0.39, 0.29) is 10.6 Å². The van der Waals surface area contributed by atoms with E-state index < -0.39 is 18.4 Å². The first-order valence-electron chi connectivity index (χ1n) is 5.26. The number of nitriles is 1. The second-order valence-electron chi connectivity index (χ2n) is 3.53. The molecule has 0 heterocycles. The maximum atomic E-state index is 11.8. The van der Waals surface area contributed by atoms with E-state index in [1.807, 2.05) is 0 Å². The molecule has 1 amide bonds. The topological polar surface area (TPSA) is 102 Å². The van der Waals surface area contributed by atoms with Crippen LogP contribution in [0.5, 0.6) is 0 Å². The van der Waals surface area contributed by atoms with Gasteiger partial charge in [-0.2, -0.15) is 5.26 Å². The zero-order chi connectivity index (χ0) is 15.1. The van der Waals surface area contributed by atoms with E-state index in [1.165, 1.54) is 18.2 Å². The Morgan fingerprint density at radius 1 is 1.35 bits per heavy atom. The van der Waals surface area contributed by atoms with Gasteiger partial charge in [-0.1, -0.05) is 23.2 Å². The summed E-state index contributed by atoms with van der Waals surface area (Å²) in [5.74, 6) is -1.80. The number of hydrogen-bond acceptors (Lipinski definition) is 4. The van der Waals surface area contributed by atoms with E-state index in [4.69, 9.17) is 33.6 Å². The molecular weight excluding hydrogens is 305 g/mol. The van der Waals surface area contributed by atoms with Crippen LogP contribution < -0.4 is 10.6 Å². The maximum absolute atomic E-state index is 11.8. The number of carboxylic acids is 1. The Morgan fingerprint density at radius 3 is 2.60 bits per heavy atom. The van der Waals surface area contributed by atoms with E-state index in [1.54, 1.807) is 6.07 Å². The summed E-state index contributed by atoms with van der Waals surface area (Å²) >= 11 is 11.5. The van der Waals surface area contributed by atoms with Crippen molar-refractivity contribution < 1.29 is 14.7 Å². The van der Waals surface area contributed by atoms with Crippen LogP contribution in [-0.4, -0.2) is 23.5 Å². The number of amides is 1. The third-order valence-electron chi connectivity index (χ3n) is 2.04. The number of rotatable bonds is 5. The van der Waals surface area contributed by atoms with Crippen molar-refractivity contribution in [2.75, 3.05) is 11.9 Å². The monoisotopic (exact) mass is 313 g/mol. The van der Waals surface area contributed by atoms with Gasteiger partial charge in [-0.05, 0) is 18.2 Å². The highest BCUT2D eigenvalue weighted by molar-refractivity contribution is 6.42. The molecule has 3 N–H and O–H groups in total. The zero-order valence-corrected chi connectivity index (χ0v) is 11.5. The third kappa shape index (κ3) is 4.80. The molecule has 104 valence electrons. The Morgan fingerprint density at radius 2 is 2.05 bits per heavy atom. The molecule has 0 atom stereocenters. The second-order valence-corrected chi connectivity index (χ2v) is 4.34. The van der Waals surface area contributed by atoms with Gasteiger partial charge in [0.15, 0.2) is 0 Å². The lowest BCUT2D eigenvalue weighted by Crippen LogP contribution is -2.20. The molecule has 0 aliphatic carbocycles. The van der Waals surface area contributed by atoms with Gasteiger partial charge in [0, 0.05) is 11.9 Å². The van der Waals surface area contributed by atoms with E-state index >= 15 is 0 Å². The first kappa shape index (κ1) is 15.8. The lowest BCUT2D eigenvalue weighted by Gasteiger charge is -2.05. The second kappa shape index (κ2) is 7.38. The van der Waals surface area contributed by atoms with Crippen molar-refractivity contribution in [1.82, 2.24) is 5.32 Å². The molecule has 0 unspecified atom stereocenters. The molecule has 20 heavy (non-hydrogen) atoms. The summed E-state index contributed by atoms with van der Waals surface area (Å²) in [6.45, 7) is -0.398. The van der Waals surface area contributed by atoms with Crippen molar-refractivity contribution in [3.8, 4) is 6.07 Å².